The number of hydrogen-bond acceptors (Lipinski definition) is 5. The monoisotopic (exact) mass is 505 g/mol. The zero-order chi connectivity index (χ0) is 25.3. The quantitative estimate of drug-likeness (QED) is 0.434. The normalized spacial score (nSPS) is 15.8. The van der Waals surface area contributed by atoms with E-state index in [4.69, 9.17) is 4.74 Å². The standard InChI is InChI=1S/C28H31N3O4S/c1-2-20-12-14-22(15-13-20)31(25(32)19-30-27(33)24-11-7-17-36-24)26(21-8-4-3-5-9-21)28(34)29-18-23-10-6-16-35-23/h3-5,7-9,11-15,17,23,26H,2,6,10,16,18-19H2,1H3,(H,29,34)(H,30,33). The Bertz CT molecular complexity index is 1140. The van der Waals surface area contributed by atoms with Crippen molar-refractivity contribution >= 4 is 34.7 Å². The number of carbonyl (C=O) groups is 3. The molecular weight excluding hydrogens is 474 g/mol. The summed E-state index contributed by atoms with van der Waals surface area (Å²) >= 11 is 1.31. The van der Waals surface area contributed by atoms with Crippen molar-refractivity contribution in [3.63, 3.8) is 0 Å². The Morgan fingerprint density at radius 3 is 2.44 bits per heavy atom. The summed E-state index contributed by atoms with van der Waals surface area (Å²) in [5.74, 6) is -1.00. The number of anilines is 1. The first-order valence-corrected chi connectivity index (χ1v) is 13.1. The molecule has 8 heteroatoms. The molecule has 1 fully saturated rings. The summed E-state index contributed by atoms with van der Waals surface area (Å²) in [5, 5.41) is 7.51. The molecule has 0 aliphatic carbocycles. The predicted octanol–water partition coefficient (Wildman–Crippen LogP) is 4.11. The largest absolute Gasteiger partial charge is 0.376 e. The highest BCUT2D eigenvalue weighted by Gasteiger charge is 2.33. The molecule has 0 saturated carbocycles. The van der Waals surface area contributed by atoms with E-state index in [1.54, 1.807) is 12.1 Å². The predicted molar refractivity (Wildman–Crippen MR) is 141 cm³/mol. The van der Waals surface area contributed by atoms with E-state index in [-0.39, 0.29) is 30.4 Å². The van der Waals surface area contributed by atoms with Gasteiger partial charge in [-0.25, -0.2) is 0 Å². The molecule has 1 saturated heterocycles. The number of ether oxygens (including phenoxy) is 1. The minimum atomic E-state index is -0.911. The smallest absolute Gasteiger partial charge is 0.261 e. The fraction of sp³-hybridized carbons (Fsp3) is 0.321. The molecule has 4 rings (SSSR count). The number of aryl methyl sites for hydroxylation is 1. The van der Waals surface area contributed by atoms with Crippen LogP contribution in [0.25, 0.3) is 0 Å². The zero-order valence-corrected chi connectivity index (χ0v) is 21.1. The number of benzene rings is 2. The van der Waals surface area contributed by atoms with Crippen LogP contribution in [0.15, 0.2) is 72.1 Å². The van der Waals surface area contributed by atoms with Crippen LogP contribution >= 0.6 is 11.3 Å². The van der Waals surface area contributed by atoms with Crippen molar-refractivity contribution in [3.05, 3.63) is 88.1 Å². The van der Waals surface area contributed by atoms with E-state index in [2.05, 4.69) is 17.6 Å². The van der Waals surface area contributed by atoms with Crippen molar-refractivity contribution in [2.45, 2.75) is 38.3 Å². The number of rotatable bonds is 10. The van der Waals surface area contributed by atoms with Crippen LogP contribution in [-0.4, -0.2) is 43.5 Å². The van der Waals surface area contributed by atoms with Gasteiger partial charge in [-0.3, -0.25) is 19.3 Å². The average Bonchev–Trinajstić information content (AvgIpc) is 3.64. The molecule has 2 unspecified atom stereocenters. The third-order valence-electron chi connectivity index (χ3n) is 6.19. The van der Waals surface area contributed by atoms with Crippen LogP contribution in [0.5, 0.6) is 0 Å². The molecule has 1 aromatic heterocycles. The van der Waals surface area contributed by atoms with Gasteiger partial charge in [-0.2, -0.15) is 0 Å². The van der Waals surface area contributed by atoms with Crippen molar-refractivity contribution in [1.82, 2.24) is 10.6 Å². The van der Waals surface area contributed by atoms with E-state index in [9.17, 15) is 14.4 Å². The Labute approximate surface area is 215 Å². The summed E-state index contributed by atoms with van der Waals surface area (Å²) in [5.41, 5.74) is 2.39. The number of amides is 3. The van der Waals surface area contributed by atoms with E-state index in [0.717, 1.165) is 24.8 Å². The van der Waals surface area contributed by atoms with Gasteiger partial charge in [0.2, 0.25) is 11.8 Å². The van der Waals surface area contributed by atoms with Gasteiger partial charge >= 0.3 is 0 Å². The first-order valence-electron chi connectivity index (χ1n) is 12.2. The second-order valence-corrected chi connectivity index (χ2v) is 9.58. The lowest BCUT2D eigenvalue weighted by molar-refractivity contribution is -0.126. The fourth-order valence-electron chi connectivity index (χ4n) is 4.23. The zero-order valence-electron chi connectivity index (χ0n) is 20.3. The molecule has 0 bridgehead atoms. The SMILES string of the molecule is CCc1ccc(N(C(=O)CNC(=O)c2cccs2)C(C(=O)NCC2CCCO2)c2ccccc2)cc1. The second kappa shape index (κ2) is 12.5. The maximum Gasteiger partial charge on any atom is 0.261 e. The van der Waals surface area contributed by atoms with Crippen LogP contribution in [0.4, 0.5) is 5.69 Å². The summed E-state index contributed by atoms with van der Waals surface area (Å²) in [6.07, 6.45) is 2.70. The lowest BCUT2D eigenvalue weighted by Gasteiger charge is -2.32. The highest BCUT2D eigenvalue weighted by Crippen LogP contribution is 2.29. The molecule has 2 atom stereocenters. The molecule has 36 heavy (non-hydrogen) atoms. The molecule has 188 valence electrons. The summed E-state index contributed by atoms with van der Waals surface area (Å²) in [6.45, 7) is 2.90. The summed E-state index contributed by atoms with van der Waals surface area (Å²) in [7, 11) is 0. The van der Waals surface area contributed by atoms with Gasteiger partial charge in [0, 0.05) is 18.8 Å². The van der Waals surface area contributed by atoms with Gasteiger partial charge in [0.05, 0.1) is 17.5 Å². The summed E-state index contributed by atoms with van der Waals surface area (Å²) in [6, 6.07) is 19.4. The maximum absolute atomic E-state index is 13.7. The van der Waals surface area contributed by atoms with Crippen molar-refractivity contribution in [2.24, 2.45) is 0 Å². The highest BCUT2D eigenvalue weighted by molar-refractivity contribution is 7.12. The molecule has 1 aliphatic rings. The van der Waals surface area contributed by atoms with Crippen LogP contribution in [0.1, 0.15) is 46.6 Å². The van der Waals surface area contributed by atoms with Crippen molar-refractivity contribution in [3.8, 4) is 0 Å². The topological polar surface area (TPSA) is 87.7 Å². The number of thiophene rings is 1. The van der Waals surface area contributed by atoms with Crippen LogP contribution in [-0.2, 0) is 20.7 Å². The van der Waals surface area contributed by atoms with Crippen molar-refractivity contribution in [2.75, 3.05) is 24.6 Å². The Kier molecular flexibility index (Phi) is 8.86. The third kappa shape index (κ3) is 6.38. The Balaban J connectivity index is 1.63. The molecule has 2 N–H and O–H groups in total. The number of hydrogen-bond donors (Lipinski definition) is 2. The fourth-order valence-corrected chi connectivity index (χ4v) is 4.87. The van der Waals surface area contributed by atoms with Crippen LogP contribution in [0.2, 0.25) is 0 Å². The van der Waals surface area contributed by atoms with Crippen LogP contribution in [0.3, 0.4) is 0 Å². The molecule has 2 heterocycles. The molecule has 7 nitrogen and oxygen atoms in total. The van der Waals surface area contributed by atoms with Crippen LogP contribution in [0, 0.1) is 0 Å². The molecule has 3 aromatic rings. The Morgan fingerprint density at radius 2 is 1.81 bits per heavy atom. The van der Waals surface area contributed by atoms with Crippen LogP contribution < -0.4 is 15.5 Å². The van der Waals surface area contributed by atoms with Crippen molar-refractivity contribution in [1.29, 1.82) is 0 Å². The van der Waals surface area contributed by atoms with Gasteiger partial charge in [-0.1, -0.05) is 55.5 Å². The highest BCUT2D eigenvalue weighted by atomic mass is 32.1. The number of carbonyl (C=O) groups excluding carboxylic acids is 3. The van der Waals surface area contributed by atoms with Gasteiger partial charge in [0.1, 0.15) is 6.04 Å². The van der Waals surface area contributed by atoms with Gasteiger partial charge in [-0.15, -0.1) is 11.3 Å². The molecule has 0 spiro atoms. The minimum Gasteiger partial charge on any atom is -0.376 e. The number of nitrogens with one attached hydrogen (secondary N) is 2. The van der Waals surface area contributed by atoms with Gasteiger partial charge in [0.25, 0.3) is 5.91 Å². The minimum absolute atomic E-state index is 0.0246. The lowest BCUT2D eigenvalue weighted by Crippen LogP contribution is -2.48. The molecule has 2 aromatic carbocycles. The van der Waals surface area contributed by atoms with E-state index in [1.165, 1.54) is 16.2 Å². The van der Waals surface area contributed by atoms with E-state index in [1.807, 2.05) is 60.0 Å². The molecule has 0 radical (unpaired) electrons. The van der Waals surface area contributed by atoms with E-state index < -0.39 is 6.04 Å². The second-order valence-electron chi connectivity index (χ2n) is 8.64. The molecular formula is C28H31N3O4S. The maximum atomic E-state index is 13.7. The molecule has 3 amide bonds. The van der Waals surface area contributed by atoms with Gasteiger partial charge in [-0.05, 0) is 54.0 Å². The van der Waals surface area contributed by atoms with Crippen molar-refractivity contribution < 1.29 is 19.1 Å². The Hall–Kier alpha value is -3.49. The third-order valence-corrected chi connectivity index (χ3v) is 7.06. The first-order chi connectivity index (χ1) is 17.6. The van der Waals surface area contributed by atoms with Gasteiger partial charge < -0.3 is 15.4 Å². The Morgan fingerprint density at radius 1 is 1.03 bits per heavy atom. The molecule has 1 aliphatic heterocycles. The van der Waals surface area contributed by atoms with Gasteiger partial charge in [0.15, 0.2) is 0 Å². The van der Waals surface area contributed by atoms with E-state index >= 15 is 0 Å². The first kappa shape index (κ1) is 25.6. The number of nitrogens with zero attached hydrogens (tertiary/aromatic N) is 1. The summed E-state index contributed by atoms with van der Waals surface area (Å²) < 4.78 is 5.67. The summed E-state index contributed by atoms with van der Waals surface area (Å²) in [4.78, 5) is 41.8. The lowest BCUT2D eigenvalue weighted by atomic mass is 10.0. The van der Waals surface area contributed by atoms with E-state index in [0.29, 0.717) is 29.3 Å². The average molecular weight is 506 g/mol.